The van der Waals surface area contributed by atoms with Gasteiger partial charge in [-0.25, -0.2) is 8.42 Å². The van der Waals surface area contributed by atoms with E-state index in [1.165, 1.54) is 11.4 Å². The summed E-state index contributed by atoms with van der Waals surface area (Å²) in [6.45, 7) is 5.75. The van der Waals surface area contributed by atoms with Crippen molar-refractivity contribution < 1.29 is 27.5 Å². The Kier molecular flexibility index (Phi) is 7.72. The van der Waals surface area contributed by atoms with Crippen LogP contribution in [0.3, 0.4) is 0 Å². The molecule has 1 aliphatic rings. The quantitative estimate of drug-likeness (QED) is 0.585. The summed E-state index contributed by atoms with van der Waals surface area (Å²) in [5.74, 6) is -1.11. The molecule has 2 amide bonds. The van der Waals surface area contributed by atoms with Crippen LogP contribution in [0.15, 0.2) is 41.3 Å². The van der Waals surface area contributed by atoms with E-state index in [4.69, 9.17) is 9.47 Å². The number of nitrogens with zero attached hydrogens (tertiary/aromatic N) is 1. The number of nitrogens with one attached hydrogen (secondary N) is 2. The fourth-order valence-electron chi connectivity index (χ4n) is 4.00. The fourth-order valence-corrected chi connectivity index (χ4v) is 5.92. The van der Waals surface area contributed by atoms with Crippen molar-refractivity contribution in [3.8, 4) is 5.75 Å². The average molecular weight is 476 g/mol. The molecule has 10 heteroatoms. The standard InChI is InChI=1S/C23H29N3O6S/c1-15-11-16(2)21(17(3)12-15)33(29,30)26-9-10-32-20(26)14-25-23(28)22(27)24-13-18-7-5-6-8-19(18)31-4/h5-8,11-12,20H,9-10,13-14H2,1-4H3,(H,24,27)(H,25,28)/t20-/m0/s1. The first-order valence-electron chi connectivity index (χ1n) is 10.5. The van der Waals surface area contributed by atoms with Gasteiger partial charge in [-0.05, 0) is 38.0 Å². The Balaban J connectivity index is 1.62. The topological polar surface area (TPSA) is 114 Å². The molecule has 0 aliphatic carbocycles. The lowest BCUT2D eigenvalue weighted by Gasteiger charge is -2.24. The molecule has 0 spiro atoms. The van der Waals surface area contributed by atoms with Crippen molar-refractivity contribution in [3.05, 3.63) is 58.7 Å². The molecule has 1 heterocycles. The number of carbonyl (C=O) groups is 2. The first kappa shape index (κ1) is 24.7. The number of benzene rings is 2. The highest BCUT2D eigenvalue weighted by atomic mass is 32.2. The maximum Gasteiger partial charge on any atom is 0.309 e. The predicted molar refractivity (Wildman–Crippen MR) is 122 cm³/mol. The van der Waals surface area contributed by atoms with Gasteiger partial charge in [0, 0.05) is 18.7 Å². The van der Waals surface area contributed by atoms with E-state index in [0.29, 0.717) is 16.9 Å². The van der Waals surface area contributed by atoms with E-state index in [1.807, 2.05) is 19.1 Å². The number of amides is 2. The molecule has 1 aliphatic heterocycles. The minimum absolute atomic E-state index is 0.114. The summed E-state index contributed by atoms with van der Waals surface area (Å²) >= 11 is 0. The highest BCUT2D eigenvalue weighted by molar-refractivity contribution is 7.89. The molecule has 1 saturated heterocycles. The van der Waals surface area contributed by atoms with Crippen LogP contribution in [0.5, 0.6) is 5.75 Å². The number of rotatable bonds is 7. The highest BCUT2D eigenvalue weighted by Crippen LogP contribution is 2.28. The van der Waals surface area contributed by atoms with E-state index in [-0.39, 0.29) is 31.1 Å². The van der Waals surface area contributed by atoms with Crippen molar-refractivity contribution in [2.45, 2.75) is 38.4 Å². The molecule has 1 atom stereocenters. The molecular formula is C23H29N3O6S. The summed E-state index contributed by atoms with van der Waals surface area (Å²) in [5.41, 5.74) is 3.00. The summed E-state index contributed by atoms with van der Waals surface area (Å²) in [6.07, 6.45) is -0.902. The van der Waals surface area contributed by atoms with E-state index in [2.05, 4.69) is 10.6 Å². The van der Waals surface area contributed by atoms with Gasteiger partial charge in [0.25, 0.3) is 0 Å². The summed E-state index contributed by atoms with van der Waals surface area (Å²) in [4.78, 5) is 24.7. The van der Waals surface area contributed by atoms with E-state index < -0.39 is 28.1 Å². The zero-order chi connectivity index (χ0) is 24.2. The average Bonchev–Trinajstić information content (AvgIpc) is 3.24. The molecule has 0 unspecified atom stereocenters. The van der Waals surface area contributed by atoms with Crippen LogP contribution in [0.1, 0.15) is 22.3 Å². The third-order valence-corrected chi connectivity index (χ3v) is 7.58. The highest BCUT2D eigenvalue weighted by Gasteiger charge is 2.38. The van der Waals surface area contributed by atoms with Crippen molar-refractivity contribution in [1.82, 2.24) is 14.9 Å². The molecular weight excluding hydrogens is 446 g/mol. The van der Waals surface area contributed by atoms with Crippen LogP contribution in [0.4, 0.5) is 0 Å². The SMILES string of the molecule is COc1ccccc1CNC(=O)C(=O)NC[C@@H]1OCCN1S(=O)(=O)c1c(C)cc(C)cc1C. The Bertz CT molecular complexity index is 1130. The van der Waals surface area contributed by atoms with Crippen molar-refractivity contribution in [2.75, 3.05) is 26.8 Å². The Morgan fingerprint density at radius 1 is 1.09 bits per heavy atom. The van der Waals surface area contributed by atoms with Crippen molar-refractivity contribution in [1.29, 1.82) is 0 Å². The second-order valence-corrected chi connectivity index (χ2v) is 9.70. The summed E-state index contributed by atoms with van der Waals surface area (Å²) in [7, 11) is -2.32. The van der Waals surface area contributed by atoms with Crippen molar-refractivity contribution in [3.63, 3.8) is 0 Å². The first-order chi connectivity index (χ1) is 15.6. The fraction of sp³-hybridized carbons (Fsp3) is 0.391. The minimum atomic E-state index is -3.85. The summed E-state index contributed by atoms with van der Waals surface area (Å²) in [5, 5.41) is 5.00. The molecule has 2 aromatic carbocycles. The molecule has 0 aromatic heterocycles. The number of ether oxygens (including phenoxy) is 2. The number of para-hydroxylation sites is 1. The van der Waals surface area contributed by atoms with Crippen LogP contribution < -0.4 is 15.4 Å². The number of hydrogen-bond acceptors (Lipinski definition) is 6. The Morgan fingerprint density at radius 3 is 2.39 bits per heavy atom. The molecule has 2 N–H and O–H groups in total. The molecule has 0 bridgehead atoms. The van der Waals surface area contributed by atoms with Crippen LogP contribution in [0.25, 0.3) is 0 Å². The van der Waals surface area contributed by atoms with Gasteiger partial charge in [0.2, 0.25) is 10.0 Å². The minimum Gasteiger partial charge on any atom is -0.496 e. The van der Waals surface area contributed by atoms with Crippen LogP contribution in [-0.4, -0.2) is 57.6 Å². The Labute approximate surface area is 194 Å². The summed E-state index contributed by atoms with van der Waals surface area (Å²) in [6, 6.07) is 10.8. The number of methoxy groups -OCH3 is 1. The van der Waals surface area contributed by atoms with Crippen LogP contribution >= 0.6 is 0 Å². The van der Waals surface area contributed by atoms with Gasteiger partial charge in [0.1, 0.15) is 12.0 Å². The van der Waals surface area contributed by atoms with Gasteiger partial charge in [-0.15, -0.1) is 0 Å². The Hall–Kier alpha value is -2.95. The van der Waals surface area contributed by atoms with Gasteiger partial charge in [-0.3, -0.25) is 9.59 Å². The van der Waals surface area contributed by atoms with Gasteiger partial charge in [0.15, 0.2) is 0 Å². The monoisotopic (exact) mass is 475 g/mol. The predicted octanol–water partition coefficient (Wildman–Crippen LogP) is 1.40. The van der Waals surface area contributed by atoms with Crippen LogP contribution in [0, 0.1) is 20.8 Å². The largest absolute Gasteiger partial charge is 0.496 e. The van der Waals surface area contributed by atoms with Gasteiger partial charge in [-0.1, -0.05) is 35.9 Å². The van der Waals surface area contributed by atoms with Crippen molar-refractivity contribution >= 4 is 21.8 Å². The number of aryl methyl sites for hydroxylation is 3. The number of sulfonamides is 1. The number of carbonyl (C=O) groups excluding carboxylic acids is 2. The third kappa shape index (κ3) is 5.52. The normalized spacial score (nSPS) is 16.4. The second kappa shape index (κ2) is 10.3. The van der Waals surface area contributed by atoms with E-state index in [9.17, 15) is 18.0 Å². The second-order valence-electron chi connectivity index (χ2n) is 7.87. The van der Waals surface area contributed by atoms with Crippen LogP contribution in [-0.2, 0) is 30.9 Å². The van der Waals surface area contributed by atoms with Gasteiger partial charge >= 0.3 is 11.8 Å². The van der Waals surface area contributed by atoms with Gasteiger partial charge in [-0.2, -0.15) is 4.31 Å². The molecule has 0 saturated carbocycles. The van der Waals surface area contributed by atoms with E-state index in [0.717, 1.165) is 11.1 Å². The maximum atomic E-state index is 13.3. The van der Waals surface area contributed by atoms with Gasteiger partial charge < -0.3 is 20.1 Å². The first-order valence-corrected chi connectivity index (χ1v) is 12.0. The molecule has 0 radical (unpaired) electrons. The lowest BCUT2D eigenvalue weighted by Crippen LogP contribution is -2.47. The third-order valence-electron chi connectivity index (χ3n) is 5.39. The zero-order valence-electron chi connectivity index (χ0n) is 19.2. The lowest BCUT2D eigenvalue weighted by molar-refractivity contribution is -0.139. The van der Waals surface area contributed by atoms with Crippen molar-refractivity contribution in [2.24, 2.45) is 0 Å². The lowest BCUT2D eigenvalue weighted by atomic mass is 10.1. The Morgan fingerprint density at radius 2 is 1.73 bits per heavy atom. The smallest absolute Gasteiger partial charge is 0.309 e. The molecule has 178 valence electrons. The van der Waals surface area contributed by atoms with E-state index >= 15 is 0 Å². The number of hydrogen-bond donors (Lipinski definition) is 2. The summed E-state index contributed by atoms with van der Waals surface area (Å²) < 4.78 is 38.7. The maximum absolute atomic E-state index is 13.3. The van der Waals surface area contributed by atoms with Gasteiger partial charge in [0.05, 0.1) is 25.2 Å². The zero-order valence-corrected chi connectivity index (χ0v) is 20.0. The molecule has 2 aromatic rings. The van der Waals surface area contributed by atoms with E-state index in [1.54, 1.807) is 38.1 Å². The molecule has 9 nitrogen and oxygen atoms in total. The molecule has 33 heavy (non-hydrogen) atoms. The van der Waals surface area contributed by atoms with Crippen LogP contribution in [0.2, 0.25) is 0 Å². The molecule has 1 fully saturated rings. The molecule has 3 rings (SSSR count).